The Hall–Kier alpha value is -2.09. The Balaban J connectivity index is 3.47. The number of hydrogen-bond donors (Lipinski definition) is 1. The minimum atomic E-state index is -0.946. The van der Waals surface area contributed by atoms with Crippen LogP contribution in [0, 0.1) is 17.1 Å². The van der Waals surface area contributed by atoms with Gasteiger partial charge in [0, 0.05) is 0 Å². The molecule has 0 radical (unpaired) electrons. The fourth-order valence-electron chi connectivity index (χ4n) is 0.984. The summed E-state index contributed by atoms with van der Waals surface area (Å²) in [7, 11) is 1.08. The Bertz CT molecular complexity index is 423. The third-order valence-electron chi connectivity index (χ3n) is 1.63. The lowest BCUT2D eigenvalue weighted by Crippen LogP contribution is -2.06. The Morgan fingerprint density at radius 3 is 2.79 bits per heavy atom. The highest BCUT2D eigenvalue weighted by atomic mass is 19.1. The standard InChI is InChI=1S/C9H6FNO3/c1-14-9(13)8-5(4-11)6(10)2-3-7(8)12/h2-3,12H,1H3. The average molecular weight is 195 g/mol. The lowest BCUT2D eigenvalue weighted by atomic mass is 10.1. The van der Waals surface area contributed by atoms with Crippen LogP contribution in [0.25, 0.3) is 0 Å². The van der Waals surface area contributed by atoms with Crippen molar-refractivity contribution in [3.63, 3.8) is 0 Å². The number of halogens is 1. The van der Waals surface area contributed by atoms with E-state index in [4.69, 9.17) is 5.26 Å². The Morgan fingerprint density at radius 2 is 2.29 bits per heavy atom. The number of phenolic OH excluding ortho intramolecular Hbond substituents is 1. The number of phenols is 1. The van der Waals surface area contributed by atoms with Gasteiger partial charge in [-0.25, -0.2) is 9.18 Å². The second-order valence-corrected chi connectivity index (χ2v) is 2.42. The number of hydrogen-bond acceptors (Lipinski definition) is 4. The summed E-state index contributed by atoms with van der Waals surface area (Å²) in [4.78, 5) is 11.1. The SMILES string of the molecule is COC(=O)c1c(O)ccc(F)c1C#N. The zero-order valence-corrected chi connectivity index (χ0v) is 7.24. The van der Waals surface area contributed by atoms with Crippen LogP contribution in [0.1, 0.15) is 15.9 Å². The molecule has 0 fully saturated rings. The van der Waals surface area contributed by atoms with E-state index in [1.165, 1.54) is 6.07 Å². The summed E-state index contributed by atoms with van der Waals surface area (Å²) in [6.45, 7) is 0. The third kappa shape index (κ3) is 1.50. The zero-order chi connectivity index (χ0) is 10.7. The third-order valence-corrected chi connectivity index (χ3v) is 1.63. The van der Waals surface area contributed by atoms with Crippen LogP contribution in [-0.2, 0) is 4.74 Å². The summed E-state index contributed by atoms with van der Waals surface area (Å²) in [6.07, 6.45) is 0. The smallest absolute Gasteiger partial charge is 0.343 e. The van der Waals surface area contributed by atoms with E-state index in [-0.39, 0.29) is 0 Å². The van der Waals surface area contributed by atoms with Crippen LogP contribution in [0.3, 0.4) is 0 Å². The van der Waals surface area contributed by atoms with Crippen molar-refractivity contribution in [3.8, 4) is 11.8 Å². The Morgan fingerprint density at radius 1 is 1.64 bits per heavy atom. The first-order valence-corrected chi connectivity index (χ1v) is 3.61. The van der Waals surface area contributed by atoms with E-state index in [2.05, 4.69) is 4.74 Å². The topological polar surface area (TPSA) is 70.3 Å². The minimum absolute atomic E-state index is 0.449. The highest BCUT2D eigenvalue weighted by Gasteiger charge is 2.20. The average Bonchev–Trinajstić information content (AvgIpc) is 2.19. The number of nitrogens with zero attached hydrogens (tertiary/aromatic N) is 1. The van der Waals surface area contributed by atoms with Crippen molar-refractivity contribution in [2.45, 2.75) is 0 Å². The maximum atomic E-state index is 13.0. The molecule has 0 heterocycles. The van der Waals surface area contributed by atoms with Crippen LogP contribution in [0.5, 0.6) is 5.75 Å². The summed E-state index contributed by atoms with van der Waals surface area (Å²) < 4.78 is 17.3. The van der Waals surface area contributed by atoms with Gasteiger partial charge >= 0.3 is 5.97 Å². The van der Waals surface area contributed by atoms with Crippen molar-refractivity contribution < 1.29 is 19.0 Å². The zero-order valence-electron chi connectivity index (χ0n) is 7.24. The second kappa shape index (κ2) is 3.75. The van der Waals surface area contributed by atoms with Crippen LogP contribution in [0.2, 0.25) is 0 Å². The molecular formula is C9H6FNO3. The molecule has 0 aromatic heterocycles. The Kier molecular flexibility index (Phi) is 2.67. The van der Waals surface area contributed by atoms with Crippen LogP contribution in [0.4, 0.5) is 4.39 Å². The van der Waals surface area contributed by atoms with Crippen molar-refractivity contribution in [3.05, 3.63) is 29.1 Å². The van der Waals surface area contributed by atoms with E-state index in [1.54, 1.807) is 0 Å². The maximum Gasteiger partial charge on any atom is 0.343 e. The highest BCUT2D eigenvalue weighted by molar-refractivity contribution is 5.95. The van der Waals surface area contributed by atoms with Gasteiger partial charge in [0.05, 0.1) is 7.11 Å². The summed E-state index contributed by atoms with van der Waals surface area (Å²) in [5.74, 6) is -2.29. The van der Waals surface area contributed by atoms with Crippen molar-refractivity contribution in [1.82, 2.24) is 0 Å². The maximum absolute atomic E-state index is 13.0. The van der Waals surface area contributed by atoms with Gasteiger partial charge < -0.3 is 9.84 Å². The number of carbonyl (C=O) groups excluding carboxylic acids is 1. The Labute approximate surface area is 79.2 Å². The fourth-order valence-corrected chi connectivity index (χ4v) is 0.984. The number of rotatable bonds is 1. The molecule has 0 saturated heterocycles. The van der Waals surface area contributed by atoms with Gasteiger partial charge in [-0.15, -0.1) is 0 Å². The molecule has 1 aromatic carbocycles. The predicted octanol–water partition coefficient (Wildman–Crippen LogP) is 1.19. The molecule has 0 saturated carbocycles. The fraction of sp³-hybridized carbons (Fsp3) is 0.111. The molecule has 0 aliphatic carbocycles. The molecule has 4 nitrogen and oxygen atoms in total. The van der Waals surface area contributed by atoms with Crippen LogP contribution in [0.15, 0.2) is 12.1 Å². The molecule has 0 bridgehead atoms. The normalized spacial score (nSPS) is 9.21. The van der Waals surface area contributed by atoms with Gasteiger partial charge in [0.1, 0.15) is 28.8 Å². The summed E-state index contributed by atoms with van der Waals surface area (Å²) in [5, 5.41) is 17.8. The van der Waals surface area contributed by atoms with Gasteiger partial charge in [-0.1, -0.05) is 0 Å². The lowest BCUT2D eigenvalue weighted by molar-refractivity contribution is 0.0596. The van der Waals surface area contributed by atoms with Crippen molar-refractivity contribution in [1.29, 1.82) is 5.26 Å². The number of methoxy groups -OCH3 is 1. The summed E-state index contributed by atoms with van der Waals surface area (Å²) in [6, 6.07) is 3.38. The lowest BCUT2D eigenvalue weighted by Gasteiger charge is -2.04. The molecule has 0 atom stereocenters. The second-order valence-electron chi connectivity index (χ2n) is 2.42. The molecule has 0 amide bonds. The molecule has 5 heteroatoms. The molecule has 1 aromatic rings. The number of aromatic hydroxyl groups is 1. The molecule has 0 aliphatic rings. The van der Waals surface area contributed by atoms with E-state index >= 15 is 0 Å². The predicted molar refractivity (Wildman–Crippen MR) is 44.1 cm³/mol. The molecule has 0 spiro atoms. The van der Waals surface area contributed by atoms with Crippen molar-refractivity contribution >= 4 is 5.97 Å². The van der Waals surface area contributed by atoms with E-state index in [1.807, 2.05) is 0 Å². The first-order chi connectivity index (χ1) is 6.61. The van der Waals surface area contributed by atoms with Gasteiger partial charge in [-0.3, -0.25) is 0 Å². The summed E-state index contributed by atoms with van der Waals surface area (Å²) >= 11 is 0. The number of esters is 1. The first-order valence-electron chi connectivity index (χ1n) is 3.61. The molecule has 1 rings (SSSR count). The van der Waals surface area contributed by atoms with E-state index in [0.717, 1.165) is 19.2 Å². The number of benzene rings is 1. The number of nitriles is 1. The van der Waals surface area contributed by atoms with E-state index in [9.17, 15) is 14.3 Å². The summed E-state index contributed by atoms with van der Waals surface area (Å²) in [5.41, 5.74) is -0.966. The van der Waals surface area contributed by atoms with Crippen molar-refractivity contribution in [2.75, 3.05) is 7.11 Å². The van der Waals surface area contributed by atoms with E-state index in [0.29, 0.717) is 0 Å². The van der Waals surface area contributed by atoms with E-state index < -0.39 is 28.7 Å². The highest BCUT2D eigenvalue weighted by Crippen LogP contribution is 2.23. The van der Waals surface area contributed by atoms with Gasteiger partial charge in [0.2, 0.25) is 0 Å². The molecular weight excluding hydrogens is 189 g/mol. The first kappa shape index (κ1) is 9.99. The number of carbonyl (C=O) groups is 1. The minimum Gasteiger partial charge on any atom is -0.507 e. The van der Waals surface area contributed by atoms with Gasteiger partial charge in [-0.05, 0) is 12.1 Å². The quantitative estimate of drug-likeness (QED) is 0.683. The van der Waals surface area contributed by atoms with Gasteiger partial charge in [0.25, 0.3) is 0 Å². The molecule has 72 valence electrons. The largest absolute Gasteiger partial charge is 0.507 e. The molecule has 1 N–H and O–H groups in total. The van der Waals surface area contributed by atoms with Crippen molar-refractivity contribution in [2.24, 2.45) is 0 Å². The monoisotopic (exact) mass is 195 g/mol. The van der Waals surface area contributed by atoms with Crippen LogP contribution < -0.4 is 0 Å². The van der Waals surface area contributed by atoms with Gasteiger partial charge in [0.15, 0.2) is 0 Å². The molecule has 0 aliphatic heterocycles. The number of ether oxygens (including phenoxy) is 1. The van der Waals surface area contributed by atoms with Gasteiger partial charge in [-0.2, -0.15) is 5.26 Å². The van der Waals surface area contributed by atoms with Crippen LogP contribution in [-0.4, -0.2) is 18.2 Å². The molecule has 0 unspecified atom stereocenters. The molecule has 14 heavy (non-hydrogen) atoms. The van der Waals surface area contributed by atoms with Crippen LogP contribution >= 0.6 is 0 Å².